The van der Waals surface area contributed by atoms with E-state index in [1.165, 1.54) is 0 Å². The normalized spacial score (nSPS) is 11.2. The van der Waals surface area contributed by atoms with Crippen LogP contribution in [0.25, 0.3) is 0 Å². The molecule has 0 atom stereocenters. The number of carbonyl (C=O) groups excluding carboxylic acids is 1. The summed E-state index contributed by atoms with van der Waals surface area (Å²) in [6, 6.07) is 21.8. The van der Waals surface area contributed by atoms with Crippen LogP contribution in [0.1, 0.15) is 11.1 Å². The molecule has 1 amide bonds. The number of nitrogens with one attached hydrogen (secondary N) is 1. The molecule has 3 aromatic rings. The van der Waals surface area contributed by atoms with Crippen LogP contribution >= 0.6 is 35.0 Å². The first-order chi connectivity index (χ1) is 16.7. The Labute approximate surface area is 220 Å². The summed E-state index contributed by atoms with van der Waals surface area (Å²) >= 11 is 13.6. The molecule has 0 saturated heterocycles. The highest BCUT2D eigenvalue weighted by atomic mass is 35.5. The third-order valence-electron chi connectivity index (χ3n) is 4.88. The Morgan fingerprint density at radius 3 is 2.34 bits per heavy atom. The smallest absolute Gasteiger partial charge is 0.240 e. The van der Waals surface area contributed by atoms with Gasteiger partial charge < -0.3 is 10.1 Å². The lowest BCUT2D eigenvalue weighted by Gasteiger charge is -2.22. The molecule has 3 aromatic carbocycles. The first-order valence-corrected chi connectivity index (χ1v) is 14.5. The number of hydrogen-bond donors (Lipinski definition) is 1. The predicted octanol–water partition coefficient (Wildman–Crippen LogP) is 5.39. The standard InChI is InChI=1S/C25H26Cl2N2O4S2/c1-35(31,32)29(21-8-10-22(11-9-21)33-17-19-5-3-2-4-6-19)16-25(30)28-13-14-34-18-20-7-12-23(26)24(27)15-20/h2-12,15H,13-14,16-18H2,1H3,(H,28,30). The Kier molecular flexibility index (Phi) is 10.2. The zero-order valence-corrected chi connectivity index (χ0v) is 22.3. The summed E-state index contributed by atoms with van der Waals surface area (Å²) in [6.07, 6.45) is 1.08. The number of carbonyl (C=O) groups is 1. The maximum absolute atomic E-state index is 12.4. The Morgan fingerprint density at radius 2 is 1.69 bits per heavy atom. The minimum Gasteiger partial charge on any atom is -0.489 e. The third-order valence-corrected chi connectivity index (χ3v) is 7.79. The fraction of sp³-hybridized carbons (Fsp3) is 0.240. The summed E-state index contributed by atoms with van der Waals surface area (Å²) < 4.78 is 31.5. The molecular weight excluding hydrogens is 527 g/mol. The molecule has 0 spiro atoms. The molecule has 0 aliphatic heterocycles. The molecule has 0 aliphatic carbocycles. The van der Waals surface area contributed by atoms with Crippen molar-refractivity contribution in [2.24, 2.45) is 0 Å². The van der Waals surface area contributed by atoms with Gasteiger partial charge in [0.15, 0.2) is 0 Å². The van der Waals surface area contributed by atoms with Gasteiger partial charge >= 0.3 is 0 Å². The monoisotopic (exact) mass is 552 g/mol. The van der Waals surface area contributed by atoms with Gasteiger partial charge in [-0.15, -0.1) is 0 Å². The van der Waals surface area contributed by atoms with Gasteiger partial charge in [-0.05, 0) is 47.5 Å². The number of hydrogen-bond acceptors (Lipinski definition) is 5. The average Bonchev–Trinajstić information content (AvgIpc) is 2.83. The van der Waals surface area contributed by atoms with Crippen LogP contribution in [0, 0.1) is 0 Å². The Bertz CT molecular complexity index is 1220. The fourth-order valence-electron chi connectivity index (χ4n) is 3.12. The third kappa shape index (κ3) is 8.96. The second-order valence-corrected chi connectivity index (χ2v) is 11.5. The molecule has 0 unspecified atom stereocenters. The average molecular weight is 554 g/mol. The van der Waals surface area contributed by atoms with Gasteiger partial charge in [-0.2, -0.15) is 11.8 Å². The summed E-state index contributed by atoms with van der Waals surface area (Å²) in [7, 11) is -3.66. The van der Waals surface area contributed by atoms with E-state index in [4.69, 9.17) is 27.9 Å². The van der Waals surface area contributed by atoms with E-state index in [2.05, 4.69) is 5.32 Å². The molecule has 186 valence electrons. The van der Waals surface area contributed by atoms with Crippen LogP contribution in [0.2, 0.25) is 10.0 Å². The van der Waals surface area contributed by atoms with Crippen LogP contribution < -0.4 is 14.4 Å². The van der Waals surface area contributed by atoms with Gasteiger partial charge in [0.05, 0.1) is 22.0 Å². The van der Waals surface area contributed by atoms with E-state index >= 15 is 0 Å². The Balaban J connectivity index is 1.48. The van der Waals surface area contributed by atoms with E-state index in [1.54, 1.807) is 42.1 Å². The molecule has 10 heteroatoms. The van der Waals surface area contributed by atoms with Gasteiger partial charge in [0.2, 0.25) is 15.9 Å². The molecule has 0 aromatic heterocycles. The number of benzene rings is 3. The molecule has 0 bridgehead atoms. The van der Waals surface area contributed by atoms with Crippen molar-refractivity contribution < 1.29 is 17.9 Å². The second-order valence-electron chi connectivity index (χ2n) is 7.69. The quantitative estimate of drug-likeness (QED) is 0.305. The van der Waals surface area contributed by atoms with E-state index in [0.717, 1.165) is 27.4 Å². The van der Waals surface area contributed by atoms with Crippen molar-refractivity contribution in [3.05, 3.63) is 94.0 Å². The molecule has 0 heterocycles. The number of ether oxygens (including phenoxy) is 1. The van der Waals surface area contributed by atoms with Crippen molar-refractivity contribution in [2.45, 2.75) is 12.4 Å². The highest BCUT2D eigenvalue weighted by molar-refractivity contribution is 7.98. The lowest BCUT2D eigenvalue weighted by atomic mass is 10.2. The maximum atomic E-state index is 12.4. The zero-order valence-electron chi connectivity index (χ0n) is 19.1. The van der Waals surface area contributed by atoms with Crippen LogP contribution in [0.4, 0.5) is 5.69 Å². The number of sulfonamides is 1. The van der Waals surface area contributed by atoms with Crippen molar-refractivity contribution in [2.75, 3.05) is 29.4 Å². The number of rotatable bonds is 12. The number of thioether (sulfide) groups is 1. The molecule has 6 nitrogen and oxygen atoms in total. The summed E-state index contributed by atoms with van der Waals surface area (Å²) in [5.41, 5.74) is 2.46. The number of halogens is 2. The van der Waals surface area contributed by atoms with E-state index < -0.39 is 10.0 Å². The highest BCUT2D eigenvalue weighted by Gasteiger charge is 2.20. The number of amides is 1. The van der Waals surface area contributed by atoms with Crippen LogP contribution in [0.5, 0.6) is 5.75 Å². The number of anilines is 1. The second kappa shape index (κ2) is 13.1. The van der Waals surface area contributed by atoms with E-state index in [0.29, 0.717) is 40.4 Å². The summed E-state index contributed by atoms with van der Waals surface area (Å²) in [4.78, 5) is 12.4. The highest BCUT2D eigenvalue weighted by Crippen LogP contribution is 2.25. The summed E-state index contributed by atoms with van der Waals surface area (Å²) in [5.74, 6) is 1.61. The van der Waals surface area contributed by atoms with Crippen LogP contribution in [0.15, 0.2) is 72.8 Å². The minimum atomic E-state index is -3.66. The lowest BCUT2D eigenvalue weighted by Crippen LogP contribution is -2.41. The molecule has 35 heavy (non-hydrogen) atoms. The van der Waals surface area contributed by atoms with Crippen LogP contribution in [-0.4, -0.2) is 39.4 Å². The van der Waals surface area contributed by atoms with Crippen LogP contribution in [0.3, 0.4) is 0 Å². The predicted molar refractivity (Wildman–Crippen MR) is 145 cm³/mol. The Hall–Kier alpha value is -2.39. The molecule has 0 fully saturated rings. The van der Waals surface area contributed by atoms with Gasteiger partial charge in [0.1, 0.15) is 18.9 Å². The van der Waals surface area contributed by atoms with Gasteiger partial charge in [0, 0.05) is 18.1 Å². The lowest BCUT2D eigenvalue weighted by molar-refractivity contribution is -0.119. The van der Waals surface area contributed by atoms with Crippen molar-refractivity contribution in [3.63, 3.8) is 0 Å². The molecule has 0 aliphatic rings. The van der Waals surface area contributed by atoms with Crippen molar-refractivity contribution in [1.29, 1.82) is 0 Å². The van der Waals surface area contributed by atoms with Gasteiger partial charge in [0.25, 0.3) is 0 Å². The minimum absolute atomic E-state index is 0.305. The van der Waals surface area contributed by atoms with Crippen molar-refractivity contribution >= 4 is 56.6 Å². The van der Waals surface area contributed by atoms with Crippen LogP contribution in [-0.2, 0) is 27.2 Å². The SMILES string of the molecule is CS(=O)(=O)N(CC(=O)NCCSCc1ccc(Cl)c(Cl)c1)c1ccc(OCc2ccccc2)cc1. The first-order valence-electron chi connectivity index (χ1n) is 10.8. The van der Waals surface area contributed by atoms with Gasteiger partial charge in [-0.1, -0.05) is 59.6 Å². The number of nitrogens with zero attached hydrogens (tertiary/aromatic N) is 1. The summed E-state index contributed by atoms with van der Waals surface area (Å²) in [6.45, 7) is 0.511. The van der Waals surface area contributed by atoms with E-state index in [1.807, 2.05) is 42.5 Å². The molecular formula is C25H26Cl2N2O4S2. The topological polar surface area (TPSA) is 75.7 Å². The molecule has 3 rings (SSSR count). The van der Waals surface area contributed by atoms with Crippen molar-refractivity contribution in [1.82, 2.24) is 5.32 Å². The maximum Gasteiger partial charge on any atom is 0.240 e. The Morgan fingerprint density at radius 1 is 0.971 bits per heavy atom. The zero-order chi connectivity index (χ0) is 25.3. The van der Waals surface area contributed by atoms with E-state index in [9.17, 15) is 13.2 Å². The van der Waals surface area contributed by atoms with Crippen molar-refractivity contribution in [3.8, 4) is 5.75 Å². The van der Waals surface area contributed by atoms with Gasteiger partial charge in [-0.25, -0.2) is 8.42 Å². The first kappa shape index (κ1) is 27.2. The van der Waals surface area contributed by atoms with E-state index in [-0.39, 0.29) is 12.5 Å². The van der Waals surface area contributed by atoms with Gasteiger partial charge in [-0.3, -0.25) is 9.10 Å². The molecule has 1 N–H and O–H groups in total. The largest absolute Gasteiger partial charge is 0.489 e. The fourth-order valence-corrected chi connectivity index (χ4v) is 5.10. The summed E-state index contributed by atoms with van der Waals surface area (Å²) in [5, 5.41) is 3.79. The molecule has 0 saturated carbocycles. The molecule has 0 radical (unpaired) electrons.